The lowest BCUT2D eigenvalue weighted by Crippen LogP contribution is -2.13. The number of nitrogens with zero attached hydrogens (tertiary/aromatic N) is 3. The van der Waals surface area contributed by atoms with Crippen LogP contribution in [0.5, 0.6) is 0 Å². The molecule has 0 fully saturated rings. The molecular weight excluding hydrogens is 226 g/mol. The number of hydrogen-bond donors (Lipinski definition) is 2. The third-order valence-electron chi connectivity index (χ3n) is 2.84. The summed E-state index contributed by atoms with van der Waals surface area (Å²) in [6.07, 6.45) is 3.42. The Morgan fingerprint density at radius 2 is 2.00 bits per heavy atom. The van der Waals surface area contributed by atoms with E-state index in [0.717, 1.165) is 11.6 Å². The summed E-state index contributed by atoms with van der Waals surface area (Å²) in [5.41, 5.74) is 1.35. The van der Waals surface area contributed by atoms with Gasteiger partial charge in [-0.2, -0.15) is 5.10 Å². The fourth-order valence-electron chi connectivity index (χ4n) is 1.64. The summed E-state index contributed by atoms with van der Waals surface area (Å²) in [7, 11) is 0. The molecule has 2 rings (SSSR count). The van der Waals surface area contributed by atoms with E-state index in [4.69, 9.17) is 0 Å². The number of hydrogen-bond acceptors (Lipinski definition) is 4. The van der Waals surface area contributed by atoms with E-state index in [0.29, 0.717) is 0 Å². The Morgan fingerprint density at radius 1 is 1.22 bits per heavy atom. The minimum atomic E-state index is 0.0560. The van der Waals surface area contributed by atoms with Crippen LogP contribution >= 0.6 is 0 Å². The molecule has 5 heteroatoms. The molecule has 0 bridgehead atoms. The highest BCUT2D eigenvalue weighted by atomic mass is 15.2. The molecule has 18 heavy (non-hydrogen) atoms. The van der Waals surface area contributed by atoms with Gasteiger partial charge in [-0.05, 0) is 24.0 Å². The van der Waals surface area contributed by atoms with Crippen LogP contribution in [-0.2, 0) is 5.41 Å². The molecule has 0 aliphatic rings. The summed E-state index contributed by atoms with van der Waals surface area (Å²) < 4.78 is 0. The third-order valence-corrected chi connectivity index (χ3v) is 2.84. The molecule has 2 N–H and O–H groups in total. The Kier molecular flexibility index (Phi) is 3.32. The molecule has 0 saturated heterocycles. The molecule has 2 aromatic heterocycles. The Labute approximate surface area is 107 Å². The molecule has 2 heterocycles. The maximum Gasteiger partial charge on any atom is 0.146 e. The van der Waals surface area contributed by atoms with E-state index >= 15 is 0 Å². The second-order valence-electron chi connectivity index (χ2n) is 5.42. The second kappa shape index (κ2) is 4.76. The maximum absolute atomic E-state index is 4.42. The van der Waals surface area contributed by atoms with E-state index in [9.17, 15) is 0 Å². The Bertz CT molecular complexity index is 481. The quantitative estimate of drug-likeness (QED) is 0.872. The van der Waals surface area contributed by atoms with Crippen LogP contribution in [0.1, 0.15) is 45.1 Å². The first kappa shape index (κ1) is 12.5. The third kappa shape index (κ3) is 2.85. The van der Waals surface area contributed by atoms with Gasteiger partial charge in [0.2, 0.25) is 0 Å². The Balaban J connectivity index is 2.07. The number of pyridine rings is 1. The van der Waals surface area contributed by atoms with Gasteiger partial charge in [0.05, 0.1) is 6.04 Å². The van der Waals surface area contributed by atoms with Crippen LogP contribution in [0, 0.1) is 0 Å². The van der Waals surface area contributed by atoms with Gasteiger partial charge in [0.15, 0.2) is 0 Å². The lowest BCUT2D eigenvalue weighted by atomic mass is 9.88. The topological polar surface area (TPSA) is 66.5 Å². The predicted molar refractivity (Wildman–Crippen MR) is 71.4 cm³/mol. The fraction of sp³-hybridized carbons (Fsp3) is 0.462. The first-order valence-corrected chi connectivity index (χ1v) is 6.05. The molecule has 0 radical (unpaired) electrons. The first-order valence-electron chi connectivity index (χ1n) is 6.05. The lowest BCUT2D eigenvalue weighted by Gasteiger charge is -2.19. The largest absolute Gasteiger partial charge is 0.360 e. The summed E-state index contributed by atoms with van der Waals surface area (Å²) >= 11 is 0. The van der Waals surface area contributed by atoms with Gasteiger partial charge in [0.1, 0.15) is 18.0 Å². The van der Waals surface area contributed by atoms with Gasteiger partial charge in [-0.1, -0.05) is 26.8 Å². The van der Waals surface area contributed by atoms with Gasteiger partial charge in [-0.25, -0.2) is 9.97 Å². The molecule has 2 aromatic rings. The van der Waals surface area contributed by atoms with Crippen molar-refractivity contribution in [3.8, 4) is 0 Å². The van der Waals surface area contributed by atoms with Gasteiger partial charge in [-0.3, -0.25) is 5.10 Å². The summed E-state index contributed by atoms with van der Waals surface area (Å²) in [5.74, 6) is 1.64. The smallest absolute Gasteiger partial charge is 0.146 e. The molecule has 5 nitrogen and oxygen atoms in total. The number of aromatic amines is 1. The van der Waals surface area contributed by atoms with Crippen LogP contribution in [0.3, 0.4) is 0 Å². The zero-order valence-corrected chi connectivity index (χ0v) is 11.2. The SMILES string of the molecule is CC(Nc1ccc(C(C)(C)C)cn1)c1ncn[nH]1. The summed E-state index contributed by atoms with van der Waals surface area (Å²) in [5, 5.41) is 9.95. The molecule has 0 saturated carbocycles. The lowest BCUT2D eigenvalue weighted by molar-refractivity contribution is 0.587. The van der Waals surface area contributed by atoms with Gasteiger partial charge < -0.3 is 5.32 Å². The van der Waals surface area contributed by atoms with E-state index in [1.807, 2.05) is 19.2 Å². The Morgan fingerprint density at radius 3 is 2.50 bits per heavy atom. The standard InChI is InChI=1S/C13H19N5/c1-9(12-15-8-16-18-12)17-11-6-5-10(7-14-11)13(2,3)4/h5-9H,1-4H3,(H,14,17)(H,15,16,18). The average Bonchev–Trinajstić information content (AvgIpc) is 2.82. The molecule has 0 spiro atoms. The molecule has 1 atom stereocenters. The zero-order chi connectivity index (χ0) is 13.2. The minimum Gasteiger partial charge on any atom is -0.360 e. The fourth-order valence-corrected chi connectivity index (χ4v) is 1.64. The second-order valence-corrected chi connectivity index (χ2v) is 5.42. The minimum absolute atomic E-state index is 0.0560. The molecule has 0 aliphatic heterocycles. The van der Waals surface area contributed by atoms with Crippen LogP contribution in [0.2, 0.25) is 0 Å². The number of anilines is 1. The van der Waals surface area contributed by atoms with Crippen molar-refractivity contribution in [2.75, 3.05) is 5.32 Å². The van der Waals surface area contributed by atoms with E-state index in [-0.39, 0.29) is 11.5 Å². The van der Waals surface area contributed by atoms with E-state index in [2.05, 4.69) is 52.3 Å². The number of aromatic nitrogens is 4. The van der Waals surface area contributed by atoms with Gasteiger partial charge >= 0.3 is 0 Å². The normalized spacial score (nSPS) is 13.3. The van der Waals surface area contributed by atoms with Crippen LogP contribution < -0.4 is 5.32 Å². The van der Waals surface area contributed by atoms with Crippen LogP contribution in [-0.4, -0.2) is 20.2 Å². The van der Waals surface area contributed by atoms with Crippen molar-refractivity contribution < 1.29 is 0 Å². The van der Waals surface area contributed by atoms with Crippen molar-refractivity contribution in [2.45, 2.75) is 39.2 Å². The highest BCUT2D eigenvalue weighted by molar-refractivity contribution is 5.38. The van der Waals surface area contributed by atoms with Gasteiger partial charge in [0.25, 0.3) is 0 Å². The van der Waals surface area contributed by atoms with Crippen molar-refractivity contribution in [3.05, 3.63) is 36.0 Å². The number of rotatable bonds is 3. The molecular formula is C13H19N5. The van der Waals surface area contributed by atoms with Crippen LogP contribution in [0.4, 0.5) is 5.82 Å². The molecule has 0 aromatic carbocycles. The van der Waals surface area contributed by atoms with E-state index in [1.165, 1.54) is 11.9 Å². The van der Waals surface area contributed by atoms with Crippen molar-refractivity contribution in [2.24, 2.45) is 0 Å². The highest BCUT2D eigenvalue weighted by Gasteiger charge is 2.14. The molecule has 1 unspecified atom stereocenters. The number of nitrogens with one attached hydrogen (secondary N) is 2. The summed E-state index contributed by atoms with van der Waals surface area (Å²) in [6, 6.07) is 4.15. The zero-order valence-electron chi connectivity index (χ0n) is 11.2. The van der Waals surface area contributed by atoms with E-state index < -0.39 is 0 Å². The first-order chi connectivity index (χ1) is 8.47. The van der Waals surface area contributed by atoms with Crippen LogP contribution in [0.15, 0.2) is 24.7 Å². The summed E-state index contributed by atoms with van der Waals surface area (Å²) in [6.45, 7) is 8.54. The average molecular weight is 245 g/mol. The molecule has 0 amide bonds. The van der Waals surface area contributed by atoms with Crippen molar-refractivity contribution >= 4 is 5.82 Å². The molecule has 96 valence electrons. The highest BCUT2D eigenvalue weighted by Crippen LogP contribution is 2.22. The summed E-state index contributed by atoms with van der Waals surface area (Å²) in [4.78, 5) is 8.53. The predicted octanol–water partition coefficient (Wildman–Crippen LogP) is 2.67. The van der Waals surface area contributed by atoms with Gasteiger partial charge in [0, 0.05) is 6.20 Å². The number of H-pyrrole nitrogens is 1. The van der Waals surface area contributed by atoms with Crippen LogP contribution in [0.25, 0.3) is 0 Å². The Hall–Kier alpha value is -1.91. The van der Waals surface area contributed by atoms with E-state index in [1.54, 1.807) is 0 Å². The monoisotopic (exact) mass is 245 g/mol. The maximum atomic E-state index is 4.42. The molecule has 0 aliphatic carbocycles. The van der Waals surface area contributed by atoms with Crippen molar-refractivity contribution in [3.63, 3.8) is 0 Å². The van der Waals surface area contributed by atoms with Crippen molar-refractivity contribution in [1.29, 1.82) is 0 Å². The van der Waals surface area contributed by atoms with Crippen molar-refractivity contribution in [1.82, 2.24) is 20.2 Å². The van der Waals surface area contributed by atoms with Gasteiger partial charge in [-0.15, -0.1) is 0 Å².